The van der Waals surface area contributed by atoms with Gasteiger partial charge in [0.1, 0.15) is 0 Å². The highest BCUT2D eigenvalue weighted by Gasteiger charge is 2.03. The number of unbranched alkanes of at least 4 members (excludes halogenated alkanes) is 1. The molecule has 0 radical (unpaired) electrons. The Kier molecular flexibility index (Phi) is 8.38. The van der Waals surface area contributed by atoms with Gasteiger partial charge in [0.25, 0.3) is 0 Å². The van der Waals surface area contributed by atoms with Gasteiger partial charge in [0.15, 0.2) is 6.29 Å². The Morgan fingerprint density at radius 1 is 1.40 bits per heavy atom. The predicted octanol–water partition coefficient (Wildman–Crippen LogP) is 2.01. The first kappa shape index (κ1) is 16.4. The number of hydrogen-bond donors (Lipinski definition) is 1. The van der Waals surface area contributed by atoms with E-state index in [0.717, 1.165) is 32.2 Å². The van der Waals surface area contributed by atoms with Crippen molar-refractivity contribution < 1.29 is 14.3 Å². The molecule has 0 bridgehead atoms. The van der Waals surface area contributed by atoms with Gasteiger partial charge in [-0.25, -0.2) is 0 Å². The van der Waals surface area contributed by atoms with E-state index in [-0.39, 0.29) is 5.91 Å². The van der Waals surface area contributed by atoms with Crippen LogP contribution < -0.4 is 5.32 Å². The van der Waals surface area contributed by atoms with Gasteiger partial charge in [-0.2, -0.15) is 0 Å². The van der Waals surface area contributed by atoms with E-state index < -0.39 is 0 Å². The first-order valence-electron chi connectivity index (χ1n) is 7.22. The number of nitrogens with zero attached hydrogens (tertiary/aromatic N) is 1. The molecular formula is C15H24N2O3. The molecule has 1 heterocycles. The van der Waals surface area contributed by atoms with Gasteiger partial charge in [-0.3, -0.25) is 9.59 Å². The SMILES string of the molecule is CCCCOCCCNC(=O)CCn1cccc1C=O. The molecule has 0 aliphatic heterocycles. The minimum absolute atomic E-state index is 0.00380. The number of aromatic nitrogens is 1. The maximum Gasteiger partial charge on any atom is 0.221 e. The van der Waals surface area contributed by atoms with Crippen LogP contribution in [0.15, 0.2) is 18.3 Å². The first-order chi connectivity index (χ1) is 9.77. The molecule has 0 unspecified atom stereocenters. The maximum atomic E-state index is 11.6. The van der Waals surface area contributed by atoms with E-state index in [4.69, 9.17) is 4.74 Å². The van der Waals surface area contributed by atoms with Gasteiger partial charge < -0.3 is 14.6 Å². The molecule has 112 valence electrons. The summed E-state index contributed by atoms with van der Waals surface area (Å²) in [6.45, 7) is 4.78. The van der Waals surface area contributed by atoms with Crippen LogP contribution in [0.25, 0.3) is 0 Å². The fourth-order valence-electron chi connectivity index (χ4n) is 1.80. The van der Waals surface area contributed by atoms with Crippen LogP contribution in [0.2, 0.25) is 0 Å². The van der Waals surface area contributed by atoms with Crippen molar-refractivity contribution in [2.75, 3.05) is 19.8 Å². The monoisotopic (exact) mass is 280 g/mol. The summed E-state index contributed by atoms with van der Waals surface area (Å²) in [7, 11) is 0. The number of rotatable bonds is 11. The Bertz CT molecular complexity index is 402. The van der Waals surface area contributed by atoms with Crippen molar-refractivity contribution in [3.63, 3.8) is 0 Å². The molecule has 0 fully saturated rings. The second-order valence-electron chi connectivity index (χ2n) is 4.66. The highest BCUT2D eigenvalue weighted by molar-refractivity contribution is 5.76. The number of aryl methyl sites for hydroxylation is 1. The minimum atomic E-state index is 0.00380. The smallest absolute Gasteiger partial charge is 0.221 e. The number of aldehydes is 1. The van der Waals surface area contributed by atoms with Gasteiger partial charge in [0.05, 0.1) is 5.69 Å². The van der Waals surface area contributed by atoms with E-state index in [1.165, 1.54) is 0 Å². The quantitative estimate of drug-likeness (QED) is 0.498. The molecule has 1 aromatic rings. The van der Waals surface area contributed by atoms with Crippen molar-refractivity contribution in [1.29, 1.82) is 0 Å². The van der Waals surface area contributed by atoms with Gasteiger partial charge in [-0.15, -0.1) is 0 Å². The van der Waals surface area contributed by atoms with Crippen molar-refractivity contribution in [3.05, 3.63) is 24.0 Å². The average molecular weight is 280 g/mol. The molecule has 1 amide bonds. The molecule has 0 aliphatic carbocycles. The third-order valence-electron chi connectivity index (χ3n) is 3.00. The highest BCUT2D eigenvalue weighted by Crippen LogP contribution is 2.00. The zero-order valence-electron chi connectivity index (χ0n) is 12.1. The van der Waals surface area contributed by atoms with E-state index in [1.807, 2.05) is 0 Å². The molecular weight excluding hydrogens is 256 g/mol. The minimum Gasteiger partial charge on any atom is -0.381 e. The highest BCUT2D eigenvalue weighted by atomic mass is 16.5. The molecule has 0 atom stereocenters. The number of carbonyl (C=O) groups excluding carboxylic acids is 2. The summed E-state index contributed by atoms with van der Waals surface area (Å²) in [6.07, 6.45) is 6.04. The third-order valence-corrected chi connectivity index (χ3v) is 3.00. The molecule has 1 aromatic heterocycles. The van der Waals surface area contributed by atoms with Crippen LogP contribution in [-0.2, 0) is 16.1 Å². The Balaban J connectivity index is 2.05. The van der Waals surface area contributed by atoms with E-state index in [9.17, 15) is 9.59 Å². The summed E-state index contributed by atoms with van der Waals surface area (Å²) in [5, 5.41) is 2.85. The van der Waals surface area contributed by atoms with Crippen LogP contribution >= 0.6 is 0 Å². The molecule has 0 spiro atoms. The topological polar surface area (TPSA) is 60.3 Å². The fourth-order valence-corrected chi connectivity index (χ4v) is 1.80. The van der Waals surface area contributed by atoms with Gasteiger partial charge >= 0.3 is 0 Å². The lowest BCUT2D eigenvalue weighted by molar-refractivity contribution is -0.121. The summed E-state index contributed by atoms with van der Waals surface area (Å²) in [6, 6.07) is 3.54. The van der Waals surface area contributed by atoms with Crippen LogP contribution in [0, 0.1) is 0 Å². The van der Waals surface area contributed by atoms with E-state index in [0.29, 0.717) is 31.8 Å². The molecule has 0 aliphatic rings. The van der Waals surface area contributed by atoms with Gasteiger partial charge in [0.2, 0.25) is 5.91 Å². The largest absolute Gasteiger partial charge is 0.381 e. The normalized spacial score (nSPS) is 10.4. The number of hydrogen-bond acceptors (Lipinski definition) is 3. The van der Waals surface area contributed by atoms with E-state index in [2.05, 4.69) is 12.2 Å². The van der Waals surface area contributed by atoms with Crippen molar-refractivity contribution in [2.24, 2.45) is 0 Å². The lowest BCUT2D eigenvalue weighted by atomic mass is 10.3. The summed E-state index contributed by atoms with van der Waals surface area (Å²) >= 11 is 0. The van der Waals surface area contributed by atoms with Crippen LogP contribution in [0.4, 0.5) is 0 Å². The first-order valence-corrected chi connectivity index (χ1v) is 7.22. The van der Waals surface area contributed by atoms with Crippen LogP contribution in [0.1, 0.15) is 43.1 Å². The number of nitrogens with one attached hydrogen (secondary N) is 1. The van der Waals surface area contributed by atoms with Crippen LogP contribution in [0.3, 0.4) is 0 Å². The molecule has 1 N–H and O–H groups in total. The molecule has 20 heavy (non-hydrogen) atoms. The van der Waals surface area contributed by atoms with E-state index in [1.54, 1.807) is 22.9 Å². The van der Waals surface area contributed by atoms with Gasteiger partial charge in [-0.1, -0.05) is 13.3 Å². The molecule has 5 nitrogen and oxygen atoms in total. The van der Waals surface area contributed by atoms with Crippen molar-refractivity contribution in [2.45, 2.75) is 39.2 Å². The Labute approximate surface area is 120 Å². The average Bonchev–Trinajstić information content (AvgIpc) is 2.91. The Hall–Kier alpha value is -1.62. The van der Waals surface area contributed by atoms with Gasteiger partial charge in [0, 0.05) is 38.9 Å². The summed E-state index contributed by atoms with van der Waals surface area (Å²) in [5.41, 5.74) is 0.599. The van der Waals surface area contributed by atoms with Crippen LogP contribution in [0.5, 0.6) is 0 Å². The molecule has 5 heteroatoms. The molecule has 0 saturated carbocycles. The van der Waals surface area contributed by atoms with E-state index >= 15 is 0 Å². The summed E-state index contributed by atoms with van der Waals surface area (Å²) < 4.78 is 7.19. The lowest BCUT2D eigenvalue weighted by Gasteiger charge is -2.07. The zero-order chi connectivity index (χ0) is 14.6. The molecule has 0 saturated heterocycles. The fraction of sp³-hybridized carbons (Fsp3) is 0.600. The second-order valence-corrected chi connectivity index (χ2v) is 4.66. The predicted molar refractivity (Wildman–Crippen MR) is 77.8 cm³/mol. The zero-order valence-corrected chi connectivity index (χ0v) is 12.1. The number of ether oxygens (including phenoxy) is 1. The Morgan fingerprint density at radius 2 is 2.20 bits per heavy atom. The van der Waals surface area contributed by atoms with Gasteiger partial charge in [-0.05, 0) is 25.0 Å². The second kappa shape index (κ2) is 10.2. The number of carbonyl (C=O) groups is 2. The third kappa shape index (κ3) is 6.52. The molecule has 0 aromatic carbocycles. The Morgan fingerprint density at radius 3 is 2.95 bits per heavy atom. The summed E-state index contributed by atoms with van der Waals surface area (Å²) in [4.78, 5) is 22.3. The van der Waals surface area contributed by atoms with Crippen LogP contribution in [-0.4, -0.2) is 36.5 Å². The van der Waals surface area contributed by atoms with Crippen molar-refractivity contribution >= 4 is 12.2 Å². The lowest BCUT2D eigenvalue weighted by Crippen LogP contribution is -2.26. The summed E-state index contributed by atoms with van der Waals surface area (Å²) in [5.74, 6) is 0.00380. The van der Waals surface area contributed by atoms with Crippen molar-refractivity contribution in [1.82, 2.24) is 9.88 Å². The number of amides is 1. The molecule has 1 rings (SSSR count). The maximum absolute atomic E-state index is 11.6. The standard InChI is InChI=1S/C15H24N2O3/c1-2-3-11-20-12-5-8-16-15(19)7-10-17-9-4-6-14(17)13-18/h4,6,9,13H,2-3,5,7-8,10-12H2,1H3,(H,16,19). The van der Waals surface area contributed by atoms with Crippen molar-refractivity contribution in [3.8, 4) is 0 Å².